The summed E-state index contributed by atoms with van der Waals surface area (Å²) in [5.41, 5.74) is 0. The van der Waals surface area contributed by atoms with Gasteiger partial charge in [0.25, 0.3) is 0 Å². The predicted molar refractivity (Wildman–Crippen MR) is 81.4 cm³/mol. The molecule has 2 aliphatic carbocycles. The fourth-order valence-corrected chi connectivity index (χ4v) is 4.32. The van der Waals surface area contributed by atoms with Crippen LogP contribution < -0.4 is 5.32 Å². The van der Waals surface area contributed by atoms with Gasteiger partial charge in [0.1, 0.15) is 0 Å². The minimum absolute atomic E-state index is 0.786. The van der Waals surface area contributed by atoms with E-state index in [1.807, 2.05) is 0 Å². The number of nitrogens with one attached hydrogen (secondary N) is 1. The van der Waals surface area contributed by atoms with Gasteiger partial charge < -0.3 is 5.32 Å². The summed E-state index contributed by atoms with van der Waals surface area (Å²) in [6.45, 7) is 5.07. The molecule has 0 aromatic carbocycles. The van der Waals surface area contributed by atoms with Gasteiger partial charge in [-0.15, -0.1) is 0 Å². The Labute approximate surface area is 119 Å². The lowest BCUT2D eigenvalue weighted by molar-refractivity contribution is 0.119. The van der Waals surface area contributed by atoms with Crippen molar-refractivity contribution in [2.75, 3.05) is 13.1 Å². The highest BCUT2D eigenvalue weighted by atomic mass is 15.2. The van der Waals surface area contributed by atoms with Crippen molar-refractivity contribution in [3.05, 3.63) is 0 Å². The summed E-state index contributed by atoms with van der Waals surface area (Å²) in [5, 5.41) is 4.02. The molecule has 19 heavy (non-hydrogen) atoms. The fourth-order valence-electron chi connectivity index (χ4n) is 4.32. The van der Waals surface area contributed by atoms with E-state index in [1.54, 1.807) is 0 Å². The van der Waals surface area contributed by atoms with Crippen LogP contribution in [0.2, 0.25) is 0 Å². The molecule has 2 saturated carbocycles. The number of likely N-dealkylation sites (tertiary alicyclic amines) is 1. The molecule has 2 unspecified atom stereocenters. The molecule has 1 saturated heterocycles. The Balaban J connectivity index is 1.52. The summed E-state index contributed by atoms with van der Waals surface area (Å²) < 4.78 is 0. The molecule has 0 aromatic rings. The molecule has 0 spiro atoms. The third-order valence-corrected chi connectivity index (χ3v) is 5.40. The number of nitrogens with zero attached hydrogens (tertiary/aromatic N) is 1. The van der Waals surface area contributed by atoms with Crippen LogP contribution in [0.5, 0.6) is 0 Å². The Kier molecular flexibility index (Phi) is 4.81. The van der Waals surface area contributed by atoms with Gasteiger partial charge in [0, 0.05) is 31.2 Å². The highest BCUT2D eigenvalue weighted by Crippen LogP contribution is 2.33. The summed E-state index contributed by atoms with van der Waals surface area (Å²) in [6, 6.07) is 2.57. The standard InChI is InChI=1S/C17H32N2/c1-2-6-14-11-16(13-19(12-14)17-9-10-17)18-15-7-4-3-5-8-15/h14-18H,2-13H2,1H3. The minimum Gasteiger partial charge on any atom is -0.310 e. The maximum atomic E-state index is 4.02. The quantitative estimate of drug-likeness (QED) is 0.817. The molecular formula is C17H32N2. The summed E-state index contributed by atoms with van der Waals surface area (Å²) in [5.74, 6) is 0.959. The van der Waals surface area contributed by atoms with E-state index in [4.69, 9.17) is 0 Å². The zero-order valence-electron chi connectivity index (χ0n) is 12.7. The molecule has 1 N–H and O–H groups in total. The Hall–Kier alpha value is -0.0800. The van der Waals surface area contributed by atoms with Gasteiger partial charge in [-0.25, -0.2) is 0 Å². The molecule has 2 nitrogen and oxygen atoms in total. The third kappa shape index (κ3) is 3.95. The third-order valence-electron chi connectivity index (χ3n) is 5.40. The first-order chi connectivity index (χ1) is 9.35. The SMILES string of the molecule is CCCC1CC(NC2CCCCC2)CN(C2CC2)C1. The molecule has 1 aliphatic heterocycles. The molecule has 0 aromatic heterocycles. The lowest BCUT2D eigenvalue weighted by atomic mass is 9.88. The largest absolute Gasteiger partial charge is 0.310 e. The first-order valence-corrected chi connectivity index (χ1v) is 8.85. The lowest BCUT2D eigenvalue weighted by Gasteiger charge is -2.40. The van der Waals surface area contributed by atoms with E-state index in [-0.39, 0.29) is 0 Å². The molecule has 3 aliphatic rings. The Bertz CT molecular complexity index is 268. The number of hydrogen-bond donors (Lipinski definition) is 1. The molecule has 2 heteroatoms. The first-order valence-electron chi connectivity index (χ1n) is 8.85. The van der Waals surface area contributed by atoms with Crippen molar-refractivity contribution in [2.24, 2.45) is 5.92 Å². The van der Waals surface area contributed by atoms with Crippen molar-refractivity contribution in [3.8, 4) is 0 Å². The van der Waals surface area contributed by atoms with Crippen LogP contribution >= 0.6 is 0 Å². The van der Waals surface area contributed by atoms with Crippen molar-refractivity contribution < 1.29 is 0 Å². The zero-order chi connectivity index (χ0) is 13.1. The average Bonchev–Trinajstić information content (AvgIpc) is 3.24. The second-order valence-electron chi connectivity index (χ2n) is 7.27. The second-order valence-corrected chi connectivity index (χ2v) is 7.27. The van der Waals surface area contributed by atoms with Crippen molar-refractivity contribution in [1.82, 2.24) is 10.2 Å². The zero-order valence-corrected chi connectivity index (χ0v) is 12.7. The number of rotatable bonds is 5. The highest BCUT2D eigenvalue weighted by Gasteiger charge is 2.36. The Morgan fingerprint density at radius 3 is 2.42 bits per heavy atom. The van der Waals surface area contributed by atoms with E-state index in [1.165, 1.54) is 77.3 Å². The van der Waals surface area contributed by atoms with Crippen LogP contribution in [0.25, 0.3) is 0 Å². The van der Waals surface area contributed by atoms with Crippen molar-refractivity contribution in [1.29, 1.82) is 0 Å². The van der Waals surface area contributed by atoms with Crippen LogP contribution in [0.4, 0.5) is 0 Å². The number of hydrogen-bond acceptors (Lipinski definition) is 2. The van der Waals surface area contributed by atoms with Gasteiger partial charge >= 0.3 is 0 Å². The van der Waals surface area contributed by atoms with Crippen molar-refractivity contribution in [3.63, 3.8) is 0 Å². The topological polar surface area (TPSA) is 15.3 Å². The molecule has 0 radical (unpaired) electrons. The maximum absolute atomic E-state index is 4.02. The van der Waals surface area contributed by atoms with E-state index < -0.39 is 0 Å². The summed E-state index contributed by atoms with van der Waals surface area (Å²) >= 11 is 0. The smallest absolute Gasteiger partial charge is 0.0200 e. The highest BCUT2D eigenvalue weighted by molar-refractivity contribution is 4.93. The Morgan fingerprint density at radius 2 is 1.74 bits per heavy atom. The molecule has 110 valence electrons. The molecule has 0 amide bonds. The van der Waals surface area contributed by atoms with Crippen LogP contribution in [0.1, 0.15) is 71.1 Å². The van der Waals surface area contributed by atoms with Gasteiger partial charge in [0.2, 0.25) is 0 Å². The van der Waals surface area contributed by atoms with Crippen molar-refractivity contribution >= 4 is 0 Å². The van der Waals surface area contributed by atoms with Crippen LogP contribution in [-0.2, 0) is 0 Å². The van der Waals surface area contributed by atoms with Crippen LogP contribution in [0, 0.1) is 5.92 Å². The molecule has 1 heterocycles. The molecule has 0 bridgehead atoms. The molecule has 3 rings (SSSR count). The molecule has 2 atom stereocenters. The van der Waals surface area contributed by atoms with Crippen LogP contribution in [0.3, 0.4) is 0 Å². The van der Waals surface area contributed by atoms with Gasteiger partial charge in [-0.2, -0.15) is 0 Å². The van der Waals surface area contributed by atoms with E-state index in [0.29, 0.717) is 0 Å². The van der Waals surface area contributed by atoms with Gasteiger partial charge in [-0.1, -0.05) is 32.6 Å². The fraction of sp³-hybridized carbons (Fsp3) is 1.00. The monoisotopic (exact) mass is 264 g/mol. The van der Waals surface area contributed by atoms with E-state index >= 15 is 0 Å². The summed E-state index contributed by atoms with van der Waals surface area (Å²) in [4.78, 5) is 2.81. The van der Waals surface area contributed by atoms with Gasteiger partial charge in [-0.05, 0) is 44.4 Å². The van der Waals surface area contributed by atoms with Crippen LogP contribution in [0.15, 0.2) is 0 Å². The van der Waals surface area contributed by atoms with E-state index in [2.05, 4.69) is 17.1 Å². The average molecular weight is 264 g/mol. The second kappa shape index (κ2) is 6.58. The van der Waals surface area contributed by atoms with Crippen molar-refractivity contribution in [2.45, 2.75) is 89.3 Å². The molecule has 3 fully saturated rings. The Morgan fingerprint density at radius 1 is 0.947 bits per heavy atom. The van der Waals surface area contributed by atoms with E-state index in [0.717, 1.165) is 24.0 Å². The summed E-state index contributed by atoms with van der Waals surface area (Å²) in [6.07, 6.45) is 14.4. The molecular weight excluding hydrogens is 232 g/mol. The maximum Gasteiger partial charge on any atom is 0.0200 e. The van der Waals surface area contributed by atoms with Gasteiger partial charge in [0.15, 0.2) is 0 Å². The lowest BCUT2D eigenvalue weighted by Crippen LogP contribution is -2.52. The number of piperidine rings is 1. The van der Waals surface area contributed by atoms with Gasteiger partial charge in [0.05, 0.1) is 0 Å². The summed E-state index contributed by atoms with van der Waals surface area (Å²) in [7, 11) is 0. The van der Waals surface area contributed by atoms with Crippen LogP contribution in [-0.4, -0.2) is 36.1 Å². The minimum atomic E-state index is 0.786. The van der Waals surface area contributed by atoms with E-state index in [9.17, 15) is 0 Å². The first kappa shape index (κ1) is 13.9. The normalized spacial score (nSPS) is 34.6. The predicted octanol–water partition coefficient (Wildman–Crippen LogP) is 3.56. The van der Waals surface area contributed by atoms with Gasteiger partial charge in [-0.3, -0.25) is 4.90 Å².